The van der Waals surface area contributed by atoms with Gasteiger partial charge in [0.15, 0.2) is 0 Å². The average Bonchev–Trinajstić information content (AvgIpc) is 2.21. The van der Waals surface area contributed by atoms with Crippen molar-refractivity contribution in [1.29, 1.82) is 0 Å². The van der Waals surface area contributed by atoms with Crippen molar-refractivity contribution in [3.63, 3.8) is 0 Å². The van der Waals surface area contributed by atoms with Gasteiger partial charge < -0.3 is 0 Å². The third kappa shape index (κ3) is 5.20. The molecule has 0 bridgehead atoms. The van der Waals surface area contributed by atoms with E-state index in [1.165, 1.54) is 42.1 Å². The van der Waals surface area contributed by atoms with Gasteiger partial charge in [0.2, 0.25) is 0 Å². The summed E-state index contributed by atoms with van der Waals surface area (Å²) >= 11 is 8.25. The Morgan fingerprint density at radius 2 is 1.57 bits per heavy atom. The highest BCUT2D eigenvalue weighted by molar-refractivity contribution is 14.1. The monoisotopic (exact) mass is 322 g/mol. The van der Waals surface area contributed by atoms with Crippen LogP contribution in [0.5, 0.6) is 0 Å². The Hall–Kier alpha value is 0.240. The molecule has 1 aromatic carbocycles. The standard InChI is InChI=1S/C12H16ClI/c13-12-8-6-11(7-9-12)5-3-1-2-4-10-14/h6-9H,1-5,10H2. The van der Waals surface area contributed by atoms with Crippen LogP contribution in [0.1, 0.15) is 31.2 Å². The van der Waals surface area contributed by atoms with E-state index in [0.717, 1.165) is 5.02 Å². The summed E-state index contributed by atoms with van der Waals surface area (Å²) in [6.45, 7) is 0. The highest BCUT2D eigenvalue weighted by Crippen LogP contribution is 2.12. The highest BCUT2D eigenvalue weighted by atomic mass is 127. The Kier molecular flexibility index (Phi) is 6.61. The van der Waals surface area contributed by atoms with Crippen LogP contribution in [0.15, 0.2) is 24.3 Å². The maximum atomic E-state index is 5.81. The van der Waals surface area contributed by atoms with Gasteiger partial charge in [-0.1, -0.05) is 59.2 Å². The lowest BCUT2D eigenvalue weighted by Gasteiger charge is -2.01. The molecule has 0 unspecified atom stereocenters. The SMILES string of the molecule is Clc1ccc(CCCCCCI)cc1. The number of aryl methyl sites for hydroxylation is 1. The first-order valence-electron chi connectivity index (χ1n) is 5.13. The van der Waals surface area contributed by atoms with E-state index in [1.54, 1.807) is 0 Å². The molecule has 1 rings (SSSR count). The van der Waals surface area contributed by atoms with Crippen molar-refractivity contribution in [2.45, 2.75) is 32.1 Å². The van der Waals surface area contributed by atoms with E-state index in [4.69, 9.17) is 11.6 Å². The van der Waals surface area contributed by atoms with Crippen molar-refractivity contribution in [3.05, 3.63) is 34.9 Å². The molecular formula is C12H16ClI. The lowest BCUT2D eigenvalue weighted by Crippen LogP contribution is -1.85. The van der Waals surface area contributed by atoms with Gasteiger partial charge in [0, 0.05) is 5.02 Å². The second-order valence-electron chi connectivity index (χ2n) is 3.48. The molecule has 0 nitrogen and oxygen atoms in total. The van der Waals surface area contributed by atoms with E-state index in [-0.39, 0.29) is 0 Å². The summed E-state index contributed by atoms with van der Waals surface area (Å²) in [5, 5.41) is 0.832. The molecule has 0 saturated heterocycles. The molecule has 0 spiro atoms. The summed E-state index contributed by atoms with van der Waals surface area (Å²) in [4.78, 5) is 0. The van der Waals surface area contributed by atoms with Crippen molar-refractivity contribution in [1.82, 2.24) is 0 Å². The summed E-state index contributed by atoms with van der Waals surface area (Å²) in [6, 6.07) is 8.20. The van der Waals surface area contributed by atoms with Crippen LogP contribution < -0.4 is 0 Å². The maximum absolute atomic E-state index is 5.81. The smallest absolute Gasteiger partial charge is 0.0406 e. The largest absolute Gasteiger partial charge is 0.0864 e. The zero-order valence-electron chi connectivity index (χ0n) is 8.31. The number of benzene rings is 1. The molecule has 0 aromatic heterocycles. The summed E-state index contributed by atoms with van der Waals surface area (Å²) < 4.78 is 1.29. The molecule has 78 valence electrons. The number of hydrogen-bond donors (Lipinski definition) is 0. The second kappa shape index (κ2) is 7.52. The minimum absolute atomic E-state index is 0.832. The third-order valence-electron chi connectivity index (χ3n) is 2.26. The molecule has 0 fully saturated rings. The van der Waals surface area contributed by atoms with Crippen LogP contribution in [0, 0.1) is 0 Å². The van der Waals surface area contributed by atoms with Crippen LogP contribution in [0.3, 0.4) is 0 Å². The summed E-state index contributed by atoms with van der Waals surface area (Å²) in [5.74, 6) is 0. The van der Waals surface area contributed by atoms with Crippen LogP contribution >= 0.6 is 34.2 Å². The predicted molar refractivity (Wildman–Crippen MR) is 72.5 cm³/mol. The minimum Gasteiger partial charge on any atom is -0.0864 e. The molecule has 0 heterocycles. The Morgan fingerprint density at radius 1 is 0.929 bits per heavy atom. The van der Waals surface area contributed by atoms with Gasteiger partial charge in [0.25, 0.3) is 0 Å². The van der Waals surface area contributed by atoms with Crippen LogP contribution in [-0.4, -0.2) is 4.43 Å². The van der Waals surface area contributed by atoms with Gasteiger partial charge >= 0.3 is 0 Å². The van der Waals surface area contributed by atoms with Crippen LogP contribution in [0.2, 0.25) is 5.02 Å². The molecule has 0 radical (unpaired) electrons. The highest BCUT2D eigenvalue weighted by Gasteiger charge is 1.93. The van der Waals surface area contributed by atoms with Crippen molar-refractivity contribution in [2.24, 2.45) is 0 Å². The molecule has 0 aliphatic carbocycles. The quantitative estimate of drug-likeness (QED) is 0.398. The second-order valence-corrected chi connectivity index (χ2v) is 4.99. The van der Waals surface area contributed by atoms with Gasteiger partial charge in [-0.25, -0.2) is 0 Å². The van der Waals surface area contributed by atoms with Crippen molar-refractivity contribution in [2.75, 3.05) is 4.43 Å². The summed E-state index contributed by atoms with van der Waals surface area (Å²) in [6.07, 6.45) is 6.58. The summed E-state index contributed by atoms with van der Waals surface area (Å²) in [7, 11) is 0. The van der Waals surface area contributed by atoms with Gasteiger partial charge in [0.05, 0.1) is 0 Å². The molecule has 0 aliphatic heterocycles. The normalized spacial score (nSPS) is 10.4. The van der Waals surface area contributed by atoms with Crippen LogP contribution in [0.25, 0.3) is 0 Å². The van der Waals surface area contributed by atoms with E-state index in [0.29, 0.717) is 0 Å². The Labute approximate surface area is 105 Å². The van der Waals surface area contributed by atoms with Gasteiger partial charge in [-0.2, -0.15) is 0 Å². The Bertz CT molecular complexity index is 243. The van der Waals surface area contributed by atoms with E-state index in [2.05, 4.69) is 34.7 Å². The molecule has 0 amide bonds. The summed E-state index contributed by atoms with van der Waals surface area (Å²) in [5.41, 5.74) is 1.41. The van der Waals surface area contributed by atoms with E-state index >= 15 is 0 Å². The number of unbranched alkanes of at least 4 members (excludes halogenated alkanes) is 3. The van der Waals surface area contributed by atoms with Crippen LogP contribution in [0.4, 0.5) is 0 Å². The molecule has 2 heteroatoms. The molecule has 1 aromatic rings. The average molecular weight is 323 g/mol. The molecular weight excluding hydrogens is 306 g/mol. The van der Waals surface area contributed by atoms with Gasteiger partial charge in [0.1, 0.15) is 0 Å². The first kappa shape index (κ1) is 12.3. The Balaban J connectivity index is 2.15. The van der Waals surface area contributed by atoms with Crippen molar-refractivity contribution in [3.8, 4) is 0 Å². The van der Waals surface area contributed by atoms with Gasteiger partial charge in [-0.3, -0.25) is 0 Å². The maximum Gasteiger partial charge on any atom is 0.0406 e. The third-order valence-corrected chi connectivity index (χ3v) is 3.28. The van der Waals surface area contributed by atoms with E-state index < -0.39 is 0 Å². The first-order chi connectivity index (χ1) is 6.83. The first-order valence-corrected chi connectivity index (χ1v) is 7.03. The topological polar surface area (TPSA) is 0 Å². The molecule has 0 aliphatic rings. The number of rotatable bonds is 6. The molecule has 0 N–H and O–H groups in total. The van der Waals surface area contributed by atoms with Crippen molar-refractivity contribution < 1.29 is 0 Å². The fourth-order valence-electron chi connectivity index (χ4n) is 1.43. The molecule has 0 atom stereocenters. The minimum atomic E-state index is 0.832. The van der Waals surface area contributed by atoms with Gasteiger partial charge in [-0.05, 0) is 41.4 Å². The van der Waals surface area contributed by atoms with Crippen molar-refractivity contribution >= 4 is 34.2 Å². The fourth-order valence-corrected chi connectivity index (χ4v) is 2.09. The molecule has 0 saturated carbocycles. The lowest BCUT2D eigenvalue weighted by molar-refractivity contribution is 0.673. The fraction of sp³-hybridized carbons (Fsp3) is 0.500. The number of alkyl halides is 1. The zero-order valence-corrected chi connectivity index (χ0v) is 11.2. The predicted octanol–water partition coefficient (Wildman–Crippen LogP) is 4.88. The van der Waals surface area contributed by atoms with Crippen LogP contribution in [-0.2, 0) is 6.42 Å². The lowest BCUT2D eigenvalue weighted by atomic mass is 10.1. The number of hydrogen-bond acceptors (Lipinski definition) is 0. The van der Waals surface area contributed by atoms with Gasteiger partial charge in [-0.15, -0.1) is 0 Å². The number of halogens is 2. The van der Waals surface area contributed by atoms with E-state index in [1.807, 2.05) is 12.1 Å². The Morgan fingerprint density at radius 3 is 2.21 bits per heavy atom. The zero-order chi connectivity index (χ0) is 10.2. The molecule has 14 heavy (non-hydrogen) atoms. The van der Waals surface area contributed by atoms with E-state index in [9.17, 15) is 0 Å².